The molecule has 0 aromatic rings. The first kappa shape index (κ1) is 14.5. The number of hydrogen-bond acceptors (Lipinski definition) is 4. The van der Waals surface area contributed by atoms with Crippen molar-refractivity contribution < 1.29 is 14.3 Å². The lowest BCUT2D eigenvalue weighted by Gasteiger charge is -2.08. The molecule has 0 aliphatic carbocycles. The van der Waals surface area contributed by atoms with Gasteiger partial charge in [0.1, 0.15) is 0 Å². The Labute approximate surface area is 104 Å². The van der Waals surface area contributed by atoms with Crippen molar-refractivity contribution in [2.45, 2.75) is 39.0 Å². The summed E-state index contributed by atoms with van der Waals surface area (Å²) >= 11 is 0. The van der Waals surface area contributed by atoms with Gasteiger partial charge in [0, 0.05) is 19.6 Å². The average molecular weight is 243 g/mol. The smallest absolute Gasteiger partial charge is 0.305 e. The summed E-state index contributed by atoms with van der Waals surface area (Å²) in [4.78, 5) is 11.1. The second-order valence-corrected chi connectivity index (χ2v) is 4.55. The highest BCUT2D eigenvalue weighted by molar-refractivity contribution is 5.69. The Morgan fingerprint density at radius 3 is 3.00 bits per heavy atom. The molecular weight excluding hydrogens is 218 g/mol. The van der Waals surface area contributed by atoms with E-state index in [2.05, 4.69) is 5.32 Å². The number of hydrogen-bond donors (Lipinski definition) is 1. The summed E-state index contributed by atoms with van der Waals surface area (Å²) in [5, 5.41) is 3.44. The van der Waals surface area contributed by atoms with Gasteiger partial charge in [-0.3, -0.25) is 4.79 Å². The molecule has 4 nitrogen and oxygen atoms in total. The lowest BCUT2D eigenvalue weighted by atomic mass is 10.1. The zero-order chi connectivity index (χ0) is 12.3. The summed E-state index contributed by atoms with van der Waals surface area (Å²) in [6.45, 7) is 6.28. The second-order valence-electron chi connectivity index (χ2n) is 4.55. The number of carbonyl (C=O) groups excluding carboxylic acids is 1. The first-order chi connectivity index (χ1) is 8.33. The molecule has 1 atom stereocenters. The van der Waals surface area contributed by atoms with E-state index in [1.54, 1.807) is 0 Å². The molecule has 1 N–H and O–H groups in total. The van der Waals surface area contributed by atoms with Gasteiger partial charge < -0.3 is 14.8 Å². The van der Waals surface area contributed by atoms with Crippen LogP contribution in [0.25, 0.3) is 0 Å². The zero-order valence-corrected chi connectivity index (χ0v) is 10.9. The molecule has 0 bridgehead atoms. The highest BCUT2D eigenvalue weighted by Gasteiger charge is 2.14. The van der Waals surface area contributed by atoms with Gasteiger partial charge in [-0.2, -0.15) is 0 Å². The standard InChI is InChI=1S/C13H25NO3/c1-2-17-13(15)6-4-3-5-8-14-10-12-7-9-16-11-12/h12,14H,2-11H2,1H3. The highest BCUT2D eigenvalue weighted by atomic mass is 16.5. The predicted octanol–water partition coefficient (Wildman–Crippen LogP) is 1.74. The van der Waals surface area contributed by atoms with Crippen LogP contribution in [0, 0.1) is 5.92 Å². The van der Waals surface area contributed by atoms with Crippen molar-refractivity contribution in [3.8, 4) is 0 Å². The van der Waals surface area contributed by atoms with E-state index >= 15 is 0 Å². The summed E-state index contributed by atoms with van der Waals surface area (Å²) in [6, 6.07) is 0. The van der Waals surface area contributed by atoms with Gasteiger partial charge >= 0.3 is 5.97 Å². The van der Waals surface area contributed by atoms with Crippen molar-refractivity contribution in [3.05, 3.63) is 0 Å². The molecule has 1 aliphatic heterocycles. The molecule has 1 saturated heterocycles. The Kier molecular flexibility index (Phi) is 8.01. The van der Waals surface area contributed by atoms with Crippen LogP contribution in [0.3, 0.4) is 0 Å². The maximum Gasteiger partial charge on any atom is 0.305 e. The predicted molar refractivity (Wildman–Crippen MR) is 66.9 cm³/mol. The number of rotatable bonds is 9. The molecule has 0 saturated carbocycles. The molecular formula is C13H25NO3. The number of ether oxygens (including phenoxy) is 2. The normalized spacial score (nSPS) is 19.5. The van der Waals surface area contributed by atoms with E-state index in [4.69, 9.17) is 9.47 Å². The van der Waals surface area contributed by atoms with E-state index in [-0.39, 0.29) is 5.97 Å². The van der Waals surface area contributed by atoms with Gasteiger partial charge in [0.15, 0.2) is 0 Å². The van der Waals surface area contributed by atoms with E-state index in [0.717, 1.165) is 45.6 Å². The lowest BCUT2D eigenvalue weighted by molar-refractivity contribution is -0.143. The van der Waals surface area contributed by atoms with Crippen molar-refractivity contribution in [1.82, 2.24) is 5.32 Å². The van der Waals surface area contributed by atoms with E-state index in [1.807, 2.05) is 6.92 Å². The van der Waals surface area contributed by atoms with Crippen LogP contribution in [-0.4, -0.2) is 38.9 Å². The minimum atomic E-state index is -0.0661. The fourth-order valence-electron chi connectivity index (χ4n) is 1.98. The fraction of sp³-hybridized carbons (Fsp3) is 0.923. The number of nitrogens with one attached hydrogen (secondary N) is 1. The lowest BCUT2D eigenvalue weighted by Crippen LogP contribution is -2.24. The van der Waals surface area contributed by atoms with E-state index in [9.17, 15) is 4.79 Å². The third-order valence-electron chi connectivity index (χ3n) is 3.00. The van der Waals surface area contributed by atoms with Crippen molar-refractivity contribution in [2.24, 2.45) is 5.92 Å². The molecule has 0 amide bonds. The Morgan fingerprint density at radius 1 is 1.41 bits per heavy atom. The monoisotopic (exact) mass is 243 g/mol. The first-order valence-corrected chi connectivity index (χ1v) is 6.77. The van der Waals surface area contributed by atoms with Crippen molar-refractivity contribution in [3.63, 3.8) is 0 Å². The molecule has 17 heavy (non-hydrogen) atoms. The van der Waals surface area contributed by atoms with Gasteiger partial charge in [-0.15, -0.1) is 0 Å². The van der Waals surface area contributed by atoms with Gasteiger partial charge in [0.05, 0.1) is 13.2 Å². The third kappa shape index (κ3) is 7.34. The van der Waals surface area contributed by atoms with Gasteiger partial charge in [0.2, 0.25) is 0 Å². The maximum atomic E-state index is 11.1. The Bertz CT molecular complexity index is 203. The summed E-state index contributed by atoms with van der Waals surface area (Å²) in [5.41, 5.74) is 0. The number of esters is 1. The molecule has 0 aromatic carbocycles. The van der Waals surface area contributed by atoms with E-state index in [1.165, 1.54) is 6.42 Å². The highest BCUT2D eigenvalue weighted by Crippen LogP contribution is 2.10. The zero-order valence-electron chi connectivity index (χ0n) is 10.9. The summed E-state index contributed by atoms with van der Waals surface area (Å²) in [6.07, 6.45) is 4.91. The minimum Gasteiger partial charge on any atom is -0.466 e. The molecule has 1 unspecified atom stereocenters. The molecule has 0 radical (unpaired) electrons. The fourth-order valence-corrected chi connectivity index (χ4v) is 1.98. The van der Waals surface area contributed by atoms with Gasteiger partial charge in [-0.1, -0.05) is 6.42 Å². The number of carbonyl (C=O) groups is 1. The number of unbranched alkanes of at least 4 members (excludes halogenated alkanes) is 2. The average Bonchev–Trinajstić information content (AvgIpc) is 2.81. The molecule has 1 aliphatic rings. The van der Waals surface area contributed by atoms with Crippen LogP contribution >= 0.6 is 0 Å². The van der Waals surface area contributed by atoms with Crippen LogP contribution in [0.1, 0.15) is 39.0 Å². The topological polar surface area (TPSA) is 47.6 Å². The van der Waals surface area contributed by atoms with E-state index in [0.29, 0.717) is 18.9 Å². The van der Waals surface area contributed by atoms with Crippen molar-refractivity contribution in [1.29, 1.82) is 0 Å². The SMILES string of the molecule is CCOC(=O)CCCCCNCC1CCOC1. The molecule has 1 fully saturated rings. The van der Waals surface area contributed by atoms with Crippen LogP contribution in [-0.2, 0) is 14.3 Å². The van der Waals surface area contributed by atoms with Crippen LogP contribution in [0.15, 0.2) is 0 Å². The Balaban J connectivity index is 1.79. The molecule has 4 heteroatoms. The largest absolute Gasteiger partial charge is 0.466 e. The molecule has 0 spiro atoms. The summed E-state index contributed by atoms with van der Waals surface area (Å²) < 4.78 is 10.2. The van der Waals surface area contributed by atoms with E-state index < -0.39 is 0 Å². The maximum absolute atomic E-state index is 11.1. The summed E-state index contributed by atoms with van der Waals surface area (Å²) in [7, 11) is 0. The summed E-state index contributed by atoms with van der Waals surface area (Å²) in [5.74, 6) is 0.637. The van der Waals surface area contributed by atoms with Gasteiger partial charge in [-0.25, -0.2) is 0 Å². The van der Waals surface area contributed by atoms with Gasteiger partial charge in [-0.05, 0) is 38.6 Å². The van der Waals surface area contributed by atoms with Crippen molar-refractivity contribution in [2.75, 3.05) is 32.9 Å². The molecule has 100 valence electrons. The molecule has 1 heterocycles. The first-order valence-electron chi connectivity index (χ1n) is 6.77. The van der Waals surface area contributed by atoms with Crippen LogP contribution < -0.4 is 5.32 Å². The van der Waals surface area contributed by atoms with Crippen molar-refractivity contribution >= 4 is 5.97 Å². The Hall–Kier alpha value is -0.610. The van der Waals surface area contributed by atoms with Crippen LogP contribution in [0.4, 0.5) is 0 Å². The minimum absolute atomic E-state index is 0.0661. The quantitative estimate of drug-likeness (QED) is 0.495. The molecule has 1 rings (SSSR count). The third-order valence-corrected chi connectivity index (χ3v) is 3.00. The molecule has 0 aromatic heterocycles. The van der Waals surface area contributed by atoms with Crippen LogP contribution in [0.2, 0.25) is 0 Å². The van der Waals surface area contributed by atoms with Gasteiger partial charge in [0.25, 0.3) is 0 Å². The second kappa shape index (κ2) is 9.42. The van der Waals surface area contributed by atoms with Crippen LogP contribution in [0.5, 0.6) is 0 Å². The Morgan fingerprint density at radius 2 is 2.29 bits per heavy atom.